The molecule has 1 rings (SSSR count). The molecule has 0 amide bonds. The molecule has 0 unspecified atom stereocenters. The molecule has 15 heavy (non-hydrogen) atoms. The van der Waals surface area contributed by atoms with E-state index in [-0.39, 0.29) is 6.61 Å². The molecule has 0 aromatic heterocycles. The van der Waals surface area contributed by atoms with Crippen LogP contribution in [-0.4, -0.2) is 63.8 Å². The average molecular weight is 222 g/mol. The molecule has 1 saturated heterocycles. The maximum atomic E-state index is 9.63. The maximum absolute atomic E-state index is 9.63. The molecule has 4 N–H and O–H groups in total. The van der Waals surface area contributed by atoms with Crippen LogP contribution in [0.5, 0.6) is 0 Å². The predicted octanol–water partition coefficient (Wildman–Crippen LogP) is -1.79. The zero-order valence-electron chi connectivity index (χ0n) is 8.83. The fraction of sp³-hybridized carbons (Fsp3) is 1.00. The first kappa shape index (κ1) is 12.8. The Balaban J connectivity index is 2.68. The zero-order valence-corrected chi connectivity index (χ0v) is 8.83. The summed E-state index contributed by atoms with van der Waals surface area (Å²) < 4.78 is 10.6. The molecule has 1 aliphatic heterocycles. The third kappa shape index (κ3) is 2.87. The van der Waals surface area contributed by atoms with Crippen LogP contribution in [0.4, 0.5) is 0 Å². The molecule has 90 valence electrons. The zero-order chi connectivity index (χ0) is 11.6. The topological polar surface area (TPSA) is 99.4 Å². The summed E-state index contributed by atoms with van der Waals surface area (Å²) in [5, 5.41) is 36.6. The monoisotopic (exact) mass is 222 g/mol. The molecule has 1 heterocycles. The number of rotatable bonds is 4. The Morgan fingerprint density at radius 2 is 1.80 bits per heavy atom. The highest BCUT2D eigenvalue weighted by molar-refractivity contribution is 4.89. The van der Waals surface area contributed by atoms with Crippen molar-refractivity contribution in [2.24, 2.45) is 0 Å². The molecule has 6 nitrogen and oxygen atoms in total. The minimum atomic E-state index is -1.30. The largest absolute Gasteiger partial charge is 0.394 e. The van der Waals surface area contributed by atoms with Gasteiger partial charge in [-0.2, -0.15) is 0 Å². The Kier molecular flexibility index (Phi) is 4.05. The molecule has 6 heteroatoms. The van der Waals surface area contributed by atoms with Gasteiger partial charge in [0.05, 0.1) is 13.2 Å². The summed E-state index contributed by atoms with van der Waals surface area (Å²) in [6.07, 6.45) is -4.13. The number of aliphatic hydroxyl groups is 4. The summed E-state index contributed by atoms with van der Waals surface area (Å²) in [5.41, 5.74) is 0. The minimum absolute atomic E-state index is 0.316. The van der Waals surface area contributed by atoms with Crippen molar-refractivity contribution in [1.82, 2.24) is 0 Å². The average Bonchev–Trinajstić information content (AvgIpc) is 2.51. The van der Waals surface area contributed by atoms with Gasteiger partial charge in [-0.15, -0.1) is 0 Å². The van der Waals surface area contributed by atoms with E-state index in [9.17, 15) is 10.2 Å². The van der Waals surface area contributed by atoms with Crippen molar-refractivity contribution in [3.8, 4) is 0 Å². The van der Waals surface area contributed by atoms with E-state index in [0.29, 0.717) is 0 Å². The summed E-state index contributed by atoms with van der Waals surface area (Å²) in [4.78, 5) is 0. The van der Waals surface area contributed by atoms with Gasteiger partial charge in [0.25, 0.3) is 0 Å². The van der Waals surface area contributed by atoms with E-state index in [1.54, 1.807) is 13.8 Å². The van der Waals surface area contributed by atoms with Gasteiger partial charge in [0.15, 0.2) is 5.79 Å². The van der Waals surface area contributed by atoms with Crippen LogP contribution in [0.25, 0.3) is 0 Å². The van der Waals surface area contributed by atoms with Gasteiger partial charge in [-0.3, -0.25) is 0 Å². The highest BCUT2D eigenvalue weighted by Crippen LogP contribution is 2.30. The second-order valence-corrected chi connectivity index (χ2v) is 4.06. The first-order chi connectivity index (χ1) is 6.91. The number of ether oxygens (including phenoxy) is 2. The Bertz CT molecular complexity index is 207. The summed E-state index contributed by atoms with van der Waals surface area (Å²) in [7, 11) is 0. The SMILES string of the molecule is CC1(C)O[C@@H]([C@H](O)[C@H](O)CO)[C@@H](CO)O1. The Hall–Kier alpha value is -0.240. The van der Waals surface area contributed by atoms with Crippen molar-refractivity contribution in [2.45, 2.75) is 44.1 Å². The van der Waals surface area contributed by atoms with Crippen LogP contribution >= 0.6 is 0 Å². The van der Waals surface area contributed by atoms with Crippen molar-refractivity contribution >= 4 is 0 Å². The smallest absolute Gasteiger partial charge is 0.164 e. The van der Waals surface area contributed by atoms with Gasteiger partial charge < -0.3 is 29.9 Å². The molecule has 0 radical (unpaired) electrons. The lowest BCUT2D eigenvalue weighted by molar-refractivity contribution is -0.165. The predicted molar refractivity (Wildman–Crippen MR) is 50.0 cm³/mol. The van der Waals surface area contributed by atoms with Crippen LogP contribution < -0.4 is 0 Å². The summed E-state index contributed by atoms with van der Waals surface area (Å²) in [6.45, 7) is 2.41. The van der Waals surface area contributed by atoms with Gasteiger partial charge in [-0.05, 0) is 13.8 Å². The van der Waals surface area contributed by atoms with Gasteiger partial charge in [-0.1, -0.05) is 0 Å². The molecule has 0 aromatic rings. The fourth-order valence-corrected chi connectivity index (χ4v) is 1.62. The lowest BCUT2D eigenvalue weighted by Gasteiger charge is -2.24. The van der Waals surface area contributed by atoms with E-state index in [2.05, 4.69) is 0 Å². The third-order valence-electron chi connectivity index (χ3n) is 2.32. The fourth-order valence-electron chi connectivity index (χ4n) is 1.62. The van der Waals surface area contributed by atoms with E-state index in [1.165, 1.54) is 0 Å². The van der Waals surface area contributed by atoms with E-state index >= 15 is 0 Å². The van der Waals surface area contributed by atoms with E-state index < -0.39 is 36.8 Å². The highest BCUT2D eigenvalue weighted by atomic mass is 16.8. The van der Waals surface area contributed by atoms with Gasteiger partial charge in [0.2, 0.25) is 0 Å². The number of hydrogen-bond acceptors (Lipinski definition) is 6. The molecule has 0 aromatic carbocycles. The van der Waals surface area contributed by atoms with Crippen molar-refractivity contribution in [3.63, 3.8) is 0 Å². The maximum Gasteiger partial charge on any atom is 0.164 e. The van der Waals surface area contributed by atoms with Gasteiger partial charge in [0.1, 0.15) is 24.4 Å². The second kappa shape index (κ2) is 4.73. The van der Waals surface area contributed by atoms with Crippen molar-refractivity contribution in [2.75, 3.05) is 13.2 Å². The lowest BCUT2D eigenvalue weighted by atomic mass is 10.0. The van der Waals surface area contributed by atoms with Crippen LogP contribution in [0.1, 0.15) is 13.8 Å². The van der Waals surface area contributed by atoms with Gasteiger partial charge in [-0.25, -0.2) is 0 Å². The van der Waals surface area contributed by atoms with Crippen LogP contribution in [0, 0.1) is 0 Å². The summed E-state index contributed by atoms with van der Waals surface area (Å²) in [5.74, 6) is -0.909. The lowest BCUT2D eigenvalue weighted by Crippen LogP contribution is -2.45. The molecule has 4 atom stereocenters. The van der Waals surface area contributed by atoms with E-state index in [0.717, 1.165) is 0 Å². The Morgan fingerprint density at radius 3 is 2.27 bits per heavy atom. The summed E-state index contributed by atoms with van der Waals surface area (Å²) in [6, 6.07) is 0. The Labute approximate surface area is 88.1 Å². The van der Waals surface area contributed by atoms with Crippen LogP contribution in [0.2, 0.25) is 0 Å². The number of aliphatic hydroxyl groups excluding tert-OH is 4. The Morgan fingerprint density at radius 1 is 1.20 bits per heavy atom. The van der Waals surface area contributed by atoms with E-state index in [1.807, 2.05) is 0 Å². The molecule has 0 aliphatic carbocycles. The minimum Gasteiger partial charge on any atom is -0.394 e. The number of hydrogen-bond donors (Lipinski definition) is 4. The molecule has 1 fully saturated rings. The van der Waals surface area contributed by atoms with Crippen LogP contribution in [-0.2, 0) is 9.47 Å². The standard InChI is InChI=1S/C9H18O6/c1-9(2)14-6(4-11)8(15-9)7(13)5(12)3-10/h5-8,10-13H,3-4H2,1-2H3/t5-,6-,7-,8-/m1/s1. The van der Waals surface area contributed by atoms with Crippen molar-refractivity contribution in [3.05, 3.63) is 0 Å². The highest BCUT2D eigenvalue weighted by Gasteiger charge is 2.46. The van der Waals surface area contributed by atoms with Gasteiger partial charge >= 0.3 is 0 Å². The van der Waals surface area contributed by atoms with Crippen LogP contribution in [0.3, 0.4) is 0 Å². The molecule has 0 spiro atoms. The molecule has 1 aliphatic rings. The molecule has 0 saturated carbocycles. The van der Waals surface area contributed by atoms with Crippen molar-refractivity contribution in [1.29, 1.82) is 0 Å². The quantitative estimate of drug-likeness (QED) is 0.448. The van der Waals surface area contributed by atoms with Gasteiger partial charge in [0, 0.05) is 0 Å². The first-order valence-corrected chi connectivity index (χ1v) is 4.85. The summed E-state index contributed by atoms with van der Waals surface area (Å²) >= 11 is 0. The molecular formula is C9H18O6. The third-order valence-corrected chi connectivity index (χ3v) is 2.32. The van der Waals surface area contributed by atoms with Crippen LogP contribution in [0.15, 0.2) is 0 Å². The molecule has 0 bridgehead atoms. The first-order valence-electron chi connectivity index (χ1n) is 4.85. The van der Waals surface area contributed by atoms with Crippen molar-refractivity contribution < 1.29 is 29.9 Å². The van der Waals surface area contributed by atoms with E-state index in [4.69, 9.17) is 19.7 Å². The normalized spacial score (nSPS) is 34.0. The second-order valence-electron chi connectivity index (χ2n) is 4.06. The molecular weight excluding hydrogens is 204 g/mol.